The van der Waals surface area contributed by atoms with Crippen LogP contribution in [-0.4, -0.2) is 39.3 Å². The van der Waals surface area contributed by atoms with Gasteiger partial charge in [-0.2, -0.15) is 0 Å². The van der Waals surface area contributed by atoms with E-state index in [0.717, 1.165) is 51.0 Å². The average Bonchev–Trinajstić information content (AvgIpc) is 3.22. The van der Waals surface area contributed by atoms with Gasteiger partial charge >= 0.3 is 0 Å². The van der Waals surface area contributed by atoms with Crippen molar-refractivity contribution >= 4 is 39.9 Å². The van der Waals surface area contributed by atoms with Crippen LogP contribution in [0.15, 0.2) is 17.1 Å². The number of ether oxygens (including phenoxy) is 1. The van der Waals surface area contributed by atoms with Gasteiger partial charge < -0.3 is 15.4 Å². The van der Waals surface area contributed by atoms with Gasteiger partial charge in [0.25, 0.3) is 0 Å². The summed E-state index contributed by atoms with van der Waals surface area (Å²) >= 11 is 4.21. The van der Waals surface area contributed by atoms with Crippen molar-refractivity contribution in [2.75, 3.05) is 33.4 Å². The minimum atomic E-state index is 0.841. The van der Waals surface area contributed by atoms with Gasteiger partial charge in [0.05, 0.1) is 2.88 Å². The van der Waals surface area contributed by atoms with Gasteiger partial charge in [0.2, 0.25) is 0 Å². The lowest BCUT2D eigenvalue weighted by molar-refractivity contribution is 0.123. The summed E-state index contributed by atoms with van der Waals surface area (Å²) < 4.78 is 6.96. The van der Waals surface area contributed by atoms with Crippen molar-refractivity contribution in [3.8, 4) is 0 Å². The minimum Gasteiger partial charge on any atom is -0.381 e. The number of hydrogen-bond donors (Lipinski definition) is 2. The van der Waals surface area contributed by atoms with E-state index < -0.39 is 0 Å². The van der Waals surface area contributed by atoms with Crippen molar-refractivity contribution in [3.63, 3.8) is 0 Å². The van der Waals surface area contributed by atoms with Gasteiger partial charge in [-0.05, 0) is 66.3 Å². The Kier molecular flexibility index (Phi) is 7.81. The third-order valence-corrected chi connectivity index (χ3v) is 5.28. The number of hydrogen-bond acceptors (Lipinski definition) is 3. The third kappa shape index (κ3) is 7.46. The second-order valence-electron chi connectivity index (χ2n) is 5.25. The number of nitrogens with zero attached hydrogens (tertiary/aromatic N) is 1. The molecule has 1 aliphatic rings. The third-order valence-electron chi connectivity index (χ3n) is 3.32. The van der Waals surface area contributed by atoms with Crippen LogP contribution in [-0.2, 0) is 11.2 Å². The summed E-state index contributed by atoms with van der Waals surface area (Å²) in [6, 6.07) is 4.36. The second-order valence-corrected chi connectivity index (χ2v) is 8.32. The highest BCUT2D eigenvalue weighted by molar-refractivity contribution is 14.1. The van der Waals surface area contributed by atoms with Gasteiger partial charge in [-0.1, -0.05) is 0 Å². The predicted molar refractivity (Wildman–Crippen MR) is 98.3 cm³/mol. The molecule has 1 heterocycles. The first-order valence-electron chi connectivity index (χ1n) is 7.54. The highest BCUT2D eigenvalue weighted by Crippen LogP contribution is 2.28. The van der Waals surface area contributed by atoms with Crippen LogP contribution >= 0.6 is 33.9 Å². The Morgan fingerprint density at radius 3 is 2.86 bits per heavy atom. The lowest BCUT2D eigenvalue weighted by atomic mass is 10.3. The van der Waals surface area contributed by atoms with E-state index in [0.29, 0.717) is 0 Å². The van der Waals surface area contributed by atoms with Crippen molar-refractivity contribution in [3.05, 3.63) is 19.9 Å². The summed E-state index contributed by atoms with van der Waals surface area (Å²) in [5.41, 5.74) is 0. The van der Waals surface area contributed by atoms with E-state index in [2.05, 4.69) is 50.3 Å². The maximum Gasteiger partial charge on any atom is 0.190 e. The minimum absolute atomic E-state index is 0.841. The zero-order valence-electron chi connectivity index (χ0n) is 12.5. The molecule has 6 heteroatoms. The molecule has 2 rings (SSSR count). The first-order chi connectivity index (χ1) is 10.3. The molecule has 1 aromatic heterocycles. The smallest absolute Gasteiger partial charge is 0.190 e. The van der Waals surface area contributed by atoms with Crippen LogP contribution in [0.3, 0.4) is 0 Å². The maximum absolute atomic E-state index is 5.61. The first kappa shape index (κ1) is 17.0. The highest BCUT2D eigenvalue weighted by Gasteiger charge is 2.20. The molecular formula is C15H24IN3OS. The number of aliphatic imine (C=N–C) groups is 1. The molecule has 1 saturated carbocycles. The normalized spacial score (nSPS) is 15.2. The molecule has 118 valence electrons. The monoisotopic (exact) mass is 421 g/mol. The van der Waals surface area contributed by atoms with E-state index in [1.165, 1.54) is 20.6 Å². The molecule has 1 fully saturated rings. The van der Waals surface area contributed by atoms with E-state index in [9.17, 15) is 0 Å². The van der Waals surface area contributed by atoms with Crippen LogP contribution in [0.1, 0.15) is 24.1 Å². The van der Waals surface area contributed by atoms with E-state index in [1.807, 2.05) is 18.4 Å². The molecule has 21 heavy (non-hydrogen) atoms. The van der Waals surface area contributed by atoms with Crippen LogP contribution in [0.5, 0.6) is 0 Å². The molecule has 1 aliphatic carbocycles. The quantitative estimate of drug-likeness (QED) is 0.279. The first-order valence-corrected chi connectivity index (χ1v) is 9.44. The zero-order chi connectivity index (χ0) is 14.9. The molecule has 0 spiro atoms. The van der Waals surface area contributed by atoms with Gasteiger partial charge in [-0.25, -0.2) is 0 Å². The van der Waals surface area contributed by atoms with E-state index >= 15 is 0 Å². The standard InChI is InChI=1S/C15H24IN3OS/c1-17-15(18-8-2-10-20-11-12-3-4-12)19-9-7-13-5-6-14(16)21-13/h5-6,12H,2-4,7-11H2,1H3,(H2,17,18,19). The SMILES string of the molecule is CN=C(NCCCOCC1CC1)NCCc1ccc(I)s1. The van der Waals surface area contributed by atoms with E-state index in [4.69, 9.17) is 4.74 Å². The molecule has 0 amide bonds. The molecule has 0 atom stereocenters. The highest BCUT2D eigenvalue weighted by atomic mass is 127. The molecule has 2 N–H and O–H groups in total. The Balaban J connectivity index is 1.49. The lowest BCUT2D eigenvalue weighted by Crippen LogP contribution is -2.38. The molecule has 0 aliphatic heterocycles. The molecule has 4 nitrogen and oxygen atoms in total. The fraction of sp³-hybridized carbons (Fsp3) is 0.667. The Morgan fingerprint density at radius 2 is 2.19 bits per heavy atom. The van der Waals surface area contributed by atoms with Crippen molar-refractivity contribution in [1.82, 2.24) is 10.6 Å². The van der Waals surface area contributed by atoms with Crippen LogP contribution < -0.4 is 10.6 Å². The van der Waals surface area contributed by atoms with Crippen LogP contribution in [0.25, 0.3) is 0 Å². The van der Waals surface area contributed by atoms with Crippen molar-refractivity contribution < 1.29 is 4.74 Å². The fourth-order valence-electron chi connectivity index (χ4n) is 1.93. The fourth-order valence-corrected chi connectivity index (χ4v) is 3.68. The molecular weight excluding hydrogens is 397 g/mol. The summed E-state index contributed by atoms with van der Waals surface area (Å²) in [7, 11) is 1.81. The summed E-state index contributed by atoms with van der Waals surface area (Å²) in [5, 5.41) is 6.67. The van der Waals surface area contributed by atoms with E-state index in [1.54, 1.807) is 0 Å². The zero-order valence-corrected chi connectivity index (χ0v) is 15.5. The van der Waals surface area contributed by atoms with Crippen molar-refractivity contribution in [1.29, 1.82) is 0 Å². The lowest BCUT2D eigenvalue weighted by Gasteiger charge is -2.11. The Morgan fingerprint density at radius 1 is 1.38 bits per heavy atom. The number of halogens is 1. The molecule has 0 bridgehead atoms. The Bertz CT molecular complexity index is 446. The summed E-state index contributed by atoms with van der Waals surface area (Å²) in [6.45, 7) is 3.61. The van der Waals surface area contributed by atoms with Crippen molar-refractivity contribution in [2.45, 2.75) is 25.7 Å². The number of nitrogens with one attached hydrogen (secondary N) is 2. The number of guanidine groups is 1. The van der Waals surface area contributed by atoms with Gasteiger partial charge in [-0.3, -0.25) is 4.99 Å². The van der Waals surface area contributed by atoms with Gasteiger partial charge in [0, 0.05) is 38.2 Å². The Labute approximate surface area is 144 Å². The molecule has 1 aromatic rings. The molecule has 0 radical (unpaired) electrons. The number of rotatable bonds is 9. The average molecular weight is 421 g/mol. The van der Waals surface area contributed by atoms with Gasteiger partial charge in [0.15, 0.2) is 5.96 Å². The maximum atomic E-state index is 5.61. The Hall–Kier alpha value is -0.340. The molecule has 0 saturated heterocycles. The van der Waals surface area contributed by atoms with Gasteiger partial charge in [-0.15, -0.1) is 11.3 Å². The van der Waals surface area contributed by atoms with Gasteiger partial charge in [0.1, 0.15) is 0 Å². The second kappa shape index (κ2) is 9.63. The van der Waals surface area contributed by atoms with Crippen LogP contribution in [0.4, 0.5) is 0 Å². The summed E-state index contributed by atoms with van der Waals surface area (Å²) in [6.07, 6.45) is 4.78. The number of thiophene rings is 1. The predicted octanol–water partition coefficient (Wildman–Crippen LogP) is 2.88. The topological polar surface area (TPSA) is 45.7 Å². The largest absolute Gasteiger partial charge is 0.381 e. The molecule has 0 aromatic carbocycles. The summed E-state index contributed by atoms with van der Waals surface area (Å²) in [4.78, 5) is 5.65. The summed E-state index contributed by atoms with van der Waals surface area (Å²) in [5.74, 6) is 1.73. The van der Waals surface area contributed by atoms with Crippen LogP contribution in [0.2, 0.25) is 0 Å². The van der Waals surface area contributed by atoms with Crippen LogP contribution in [0, 0.1) is 8.80 Å². The van der Waals surface area contributed by atoms with Crippen molar-refractivity contribution in [2.24, 2.45) is 10.9 Å². The molecule has 0 unspecified atom stereocenters. The van der Waals surface area contributed by atoms with E-state index in [-0.39, 0.29) is 0 Å².